The minimum Gasteiger partial charge on any atom is -0.255 e. The Morgan fingerprint density at radius 1 is 1.31 bits per heavy atom. The molecular weight excluding hydrogens is 295 g/mol. The number of nitrogens with zero attached hydrogens (tertiary/aromatic N) is 2. The third-order valence-electron chi connectivity index (χ3n) is 2.00. The number of benzene rings is 1. The van der Waals surface area contributed by atoms with Gasteiger partial charge in [0, 0.05) is 6.07 Å². The van der Waals surface area contributed by atoms with Crippen LogP contribution in [0, 0.1) is 0 Å². The van der Waals surface area contributed by atoms with Gasteiger partial charge in [-0.15, -0.1) is 4.58 Å². The molecule has 2 amide bonds. The van der Waals surface area contributed by atoms with E-state index in [2.05, 4.69) is 20.9 Å². The first-order chi connectivity index (χ1) is 7.61. The zero-order valence-corrected chi connectivity index (χ0v) is 10.2. The summed E-state index contributed by atoms with van der Waals surface area (Å²) in [6.45, 7) is 0. The van der Waals surface area contributed by atoms with E-state index in [-0.39, 0.29) is 0 Å². The molecule has 0 spiro atoms. The van der Waals surface area contributed by atoms with E-state index in [4.69, 9.17) is 11.6 Å². The normalized spacial score (nSPS) is 15.2. The summed E-state index contributed by atoms with van der Waals surface area (Å²) in [7, 11) is 0. The van der Waals surface area contributed by atoms with Crippen molar-refractivity contribution < 1.29 is 14.2 Å². The average Bonchev–Trinajstić information content (AvgIpc) is 2.27. The number of hydrogen-bond donors (Lipinski definition) is 0. The van der Waals surface area contributed by atoms with Crippen molar-refractivity contribution in [3.05, 3.63) is 27.7 Å². The standard InChI is InChI=1S/C10H5BrClN2O2/c11-8-6(12)2-1-3-7(8)14-5-4-13-9(15)10(14)16/h1-5H/q+1. The molecule has 80 valence electrons. The Hall–Kier alpha value is -1.33. The smallest absolute Gasteiger partial charge is 0.255 e. The van der Waals surface area contributed by atoms with Crippen LogP contribution in [0.3, 0.4) is 0 Å². The predicted octanol–water partition coefficient (Wildman–Crippen LogP) is 1.95. The van der Waals surface area contributed by atoms with Crippen LogP contribution in [0.5, 0.6) is 0 Å². The zero-order valence-electron chi connectivity index (χ0n) is 7.85. The first kappa shape index (κ1) is 11.2. The van der Waals surface area contributed by atoms with Crippen molar-refractivity contribution in [2.24, 2.45) is 4.99 Å². The summed E-state index contributed by atoms with van der Waals surface area (Å²) in [5.41, 5.74) is 0.511. The van der Waals surface area contributed by atoms with Crippen molar-refractivity contribution in [3.63, 3.8) is 0 Å². The maximum Gasteiger partial charge on any atom is 0.485 e. The summed E-state index contributed by atoms with van der Waals surface area (Å²) in [5.74, 6) is -1.50. The van der Waals surface area contributed by atoms with E-state index in [1.54, 1.807) is 18.2 Å². The molecular formula is C10H5BrClN2O2+. The van der Waals surface area contributed by atoms with Crippen LogP contribution in [-0.4, -0.2) is 28.8 Å². The van der Waals surface area contributed by atoms with Crippen LogP contribution in [0.25, 0.3) is 0 Å². The van der Waals surface area contributed by atoms with E-state index in [1.807, 2.05) is 0 Å². The van der Waals surface area contributed by atoms with Gasteiger partial charge in [-0.2, -0.15) is 0 Å². The van der Waals surface area contributed by atoms with Gasteiger partial charge in [-0.05, 0) is 22.0 Å². The first-order valence-electron chi connectivity index (χ1n) is 4.30. The van der Waals surface area contributed by atoms with Gasteiger partial charge in [-0.1, -0.05) is 17.7 Å². The molecule has 1 aliphatic rings. The quantitative estimate of drug-likeness (QED) is 0.588. The molecule has 1 heterocycles. The maximum atomic E-state index is 11.6. The highest BCUT2D eigenvalue weighted by molar-refractivity contribution is 9.10. The maximum absolute atomic E-state index is 11.6. The number of aliphatic imine (C=N–C) groups is 1. The topological polar surface area (TPSA) is 49.5 Å². The zero-order chi connectivity index (χ0) is 11.7. The van der Waals surface area contributed by atoms with Gasteiger partial charge in [0.05, 0.1) is 11.2 Å². The number of carbonyl (C=O) groups is 2. The molecule has 0 unspecified atom stereocenters. The lowest BCUT2D eigenvalue weighted by molar-refractivity contribution is -0.356. The van der Waals surface area contributed by atoms with Crippen LogP contribution >= 0.6 is 27.5 Å². The summed E-state index contributed by atoms with van der Waals surface area (Å²) in [6, 6.07) is 5.05. The Bertz CT molecular complexity index is 552. The second kappa shape index (κ2) is 4.27. The summed E-state index contributed by atoms with van der Waals surface area (Å²) >= 11 is 9.16. The van der Waals surface area contributed by atoms with E-state index < -0.39 is 11.8 Å². The average molecular weight is 301 g/mol. The van der Waals surface area contributed by atoms with Gasteiger partial charge in [-0.25, -0.2) is 9.79 Å². The van der Waals surface area contributed by atoms with E-state index >= 15 is 0 Å². The molecule has 6 heteroatoms. The predicted molar refractivity (Wildman–Crippen MR) is 63.6 cm³/mol. The van der Waals surface area contributed by atoms with Crippen molar-refractivity contribution >= 4 is 57.5 Å². The number of carbonyl (C=O) groups excluding carboxylic acids is 2. The number of hydrogen-bond acceptors (Lipinski definition) is 2. The summed E-state index contributed by atoms with van der Waals surface area (Å²) in [6.07, 6.45) is 2.69. The first-order valence-corrected chi connectivity index (χ1v) is 5.47. The lowest BCUT2D eigenvalue weighted by Gasteiger charge is -2.03. The Morgan fingerprint density at radius 2 is 2.06 bits per heavy atom. The Morgan fingerprint density at radius 3 is 2.81 bits per heavy atom. The highest BCUT2D eigenvalue weighted by atomic mass is 79.9. The highest BCUT2D eigenvalue weighted by Gasteiger charge is 2.32. The monoisotopic (exact) mass is 299 g/mol. The number of rotatable bonds is 1. The molecule has 0 N–H and O–H groups in total. The molecule has 1 aromatic carbocycles. The van der Waals surface area contributed by atoms with Crippen LogP contribution in [0.15, 0.2) is 27.7 Å². The van der Waals surface area contributed by atoms with Crippen LogP contribution in [0.1, 0.15) is 0 Å². The molecule has 16 heavy (non-hydrogen) atoms. The van der Waals surface area contributed by atoms with Gasteiger partial charge in [0.25, 0.3) is 0 Å². The summed E-state index contributed by atoms with van der Waals surface area (Å²) < 4.78 is 1.76. The van der Waals surface area contributed by atoms with Crippen molar-refractivity contribution in [2.75, 3.05) is 0 Å². The Kier molecular flexibility index (Phi) is 2.98. The minimum atomic E-state index is -0.797. The molecule has 0 atom stereocenters. The molecule has 0 saturated heterocycles. The van der Waals surface area contributed by atoms with E-state index in [0.717, 1.165) is 0 Å². The third kappa shape index (κ3) is 1.83. The van der Waals surface area contributed by atoms with Gasteiger partial charge < -0.3 is 0 Å². The second-order valence-corrected chi connectivity index (χ2v) is 4.18. The Balaban J connectivity index is 2.57. The molecule has 1 aromatic rings. The number of halogens is 2. The minimum absolute atomic E-state index is 0.466. The van der Waals surface area contributed by atoms with E-state index in [1.165, 1.54) is 17.0 Å². The molecule has 4 nitrogen and oxygen atoms in total. The largest absolute Gasteiger partial charge is 0.485 e. The summed E-state index contributed by atoms with van der Waals surface area (Å²) in [4.78, 5) is 26.1. The van der Waals surface area contributed by atoms with Gasteiger partial charge in [-0.3, -0.25) is 4.79 Å². The van der Waals surface area contributed by atoms with Gasteiger partial charge >= 0.3 is 11.8 Å². The molecule has 0 saturated carbocycles. The summed E-state index contributed by atoms with van der Waals surface area (Å²) in [5, 5.41) is 0.466. The van der Waals surface area contributed by atoms with Crippen LogP contribution < -0.4 is 0 Å². The van der Waals surface area contributed by atoms with Crippen LogP contribution in [0.2, 0.25) is 5.02 Å². The molecule has 0 aliphatic carbocycles. The van der Waals surface area contributed by atoms with Crippen molar-refractivity contribution in [3.8, 4) is 0 Å². The fraction of sp³-hybridized carbons (Fsp3) is 0. The lowest BCUT2D eigenvalue weighted by atomic mass is 10.3. The van der Waals surface area contributed by atoms with Gasteiger partial charge in [0.15, 0.2) is 6.21 Å². The lowest BCUT2D eigenvalue weighted by Crippen LogP contribution is -2.29. The molecule has 0 fully saturated rings. The third-order valence-corrected chi connectivity index (χ3v) is 3.38. The molecule has 0 aromatic heterocycles. The number of amides is 2. The fourth-order valence-corrected chi connectivity index (χ4v) is 1.89. The van der Waals surface area contributed by atoms with Crippen molar-refractivity contribution in [1.82, 2.24) is 0 Å². The highest BCUT2D eigenvalue weighted by Crippen LogP contribution is 2.32. The van der Waals surface area contributed by atoms with Crippen molar-refractivity contribution in [2.45, 2.75) is 0 Å². The van der Waals surface area contributed by atoms with Crippen LogP contribution in [-0.2, 0) is 9.59 Å². The van der Waals surface area contributed by atoms with E-state index in [0.29, 0.717) is 15.2 Å². The molecule has 2 rings (SSSR count). The van der Waals surface area contributed by atoms with Crippen LogP contribution in [0.4, 0.5) is 5.69 Å². The fourth-order valence-electron chi connectivity index (χ4n) is 1.26. The van der Waals surface area contributed by atoms with Gasteiger partial charge in [0.1, 0.15) is 4.47 Å². The Labute approximate surface area is 104 Å². The van der Waals surface area contributed by atoms with E-state index in [9.17, 15) is 9.59 Å². The van der Waals surface area contributed by atoms with Crippen molar-refractivity contribution in [1.29, 1.82) is 0 Å². The second-order valence-electron chi connectivity index (χ2n) is 2.98. The molecule has 0 radical (unpaired) electrons. The molecule has 1 aliphatic heterocycles. The van der Waals surface area contributed by atoms with Gasteiger partial charge in [0.2, 0.25) is 5.69 Å². The SMILES string of the molecule is O=C1N=CC=[N+](c2cccc(Cl)c2Br)C1=O. The molecule has 0 bridgehead atoms.